The average molecular weight is 304 g/mol. The summed E-state index contributed by atoms with van der Waals surface area (Å²) in [6.07, 6.45) is 0.749. The maximum Gasteiger partial charge on any atom is 0.298 e. The second kappa shape index (κ2) is 5.49. The van der Waals surface area contributed by atoms with Crippen LogP contribution in [0.3, 0.4) is 0 Å². The van der Waals surface area contributed by atoms with E-state index in [9.17, 15) is 10.1 Å². The summed E-state index contributed by atoms with van der Waals surface area (Å²) in [6.45, 7) is 2.56. The van der Waals surface area contributed by atoms with E-state index in [1.165, 1.54) is 6.07 Å². The fourth-order valence-corrected chi connectivity index (χ4v) is 2.73. The van der Waals surface area contributed by atoms with Gasteiger partial charge in [0.25, 0.3) is 11.7 Å². The van der Waals surface area contributed by atoms with Crippen molar-refractivity contribution in [3.05, 3.63) is 44.4 Å². The number of fused-ring (bicyclic) bond motifs is 1. The Balaban J connectivity index is 1.73. The second-order valence-electron chi connectivity index (χ2n) is 4.46. The van der Waals surface area contributed by atoms with E-state index in [0.29, 0.717) is 12.1 Å². The third-order valence-corrected chi connectivity index (χ3v) is 3.90. The molecule has 21 heavy (non-hydrogen) atoms. The first-order valence-corrected chi connectivity index (χ1v) is 7.20. The monoisotopic (exact) mass is 304 g/mol. The summed E-state index contributed by atoms with van der Waals surface area (Å²) in [6, 6.07) is 4.93. The lowest BCUT2D eigenvalue weighted by Gasteiger charge is -1.98. The Hall–Kier alpha value is -2.48. The predicted molar refractivity (Wildman–Crippen MR) is 79.7 cm³/mol. The minimum atomic E-state index is -0.465. The maximum absolute atomic E-state index is 10.9. The number of benzene rings is 1. The molecule has 0 saturated carbocycles. The minimum absolute atomic E-state index is 0.0557. The Bertz CT molecular complexity index is 796. The number of nitro groups is 1. The number of rotatable bonds is 5. The van der Waals surface area contributed by atoms with Crippen LogP contribution < -0.4 is 5.32 Å². The van der Waals surface area contributed by atoms with Crippen molar-refractivity contribution >= 4 is 34.1 Å². The summed E-state index contributed by atoms with van der Waals surface area (Å²) in [5.41, 5.74) is 1.61. The molecule has 0 atom stereocenters. The van der Waals surface area contributed by atoms with Crippen LogP contribution in [0.15, 0.2) is 28.0 Å². The van der Waals surface area contributed by atoms with E-state index < -0.39 is 4.92 Å². The van der Waals surface area contributed by atoms with Gasteiger partial charge < -0.3 is 9.73 Å². The van der Waals surface area contributed by atoms with Crippen LogP contribution in [-0.2, 0) is 6.42 Å². The first-order valence-electron chi connectivity index (χ1n) is 6.32. The van der Waals surface area contributed by atoms with Crippen molar-refractivity contribution < 1.29 is 9.34 Å². The van der Waals surface area contributed by atoms with Gasteiger partial charge in [0.2, 0.25) is 0 Å². The van der Waals surface area contributed by atoms with Crippen molar-refractivity contribution in [1.29, 1.82) is 0 Å². The molecule has 0 fully saturated rings. The number of nitrogens with zero attached hydrogens (tertiary/aromatic N) is 3. The molecule has 0 aliphatic rings. The maximum atomic E-state index is 10.9. The molecule has 0 amide bonds. The van der Waals surface area contributed by atoms with Gasteiger partial charge in [-0.1, -0.05) is 6.07 Å². The van der Waals surface area contributed by atoms with Crippen molar-refractivity contribution in [3.8, 4) is 0 Å². The molecule has 8 heteroatoms. The first kappa shape index (κ1) is 13.5. The fraction of sp³-hybridized carbons (Fsp3) is 0.231. The number of thiazole rings is 1. The normalized spacial score (nSPS) is 10.9. The van der Waals surface area contributed by atoms with Gasteiger partial charge in [-0.05, 0) is 13.0 Å². The minimum Gasteiger partial charge on any atom is -0.423 e. The topological polar surface area (TPSA) is 94.1 Å². The Morgan fingerprint density at radius 2 is 2.29 bits per heavy atom. The van der Waals surface area contributed by atoms with E-state index in [0.717, 1.165) is 17.1 Å². The predicted octanol–water partition coefficient (Wildman–Crippen LogP) is 3.16. The van der Waals surface area contributed by atoms with Gasteiger partial charge in [0.1, 0.15) is 0 Å². The number of aryl methyl sites for hydroxylation is 1. The molecule has 0 spiro atoms. The largest absolute Gasteiger partial charge is 0.423 e. The molecule has 2 heterocycles. The number of para-hydroxylation sites is 1. The van der Waals surface area contributed by atoms with Crippen LogP contribution in [0, 0.1) is 17.0 Å². The number of nitrogens with one attached hydrogen (secondary N) is 1. The summed E-state index contributed by atoms with van der Waals surface area (Å²) in [4.78, 5) is 19.0. The number of hydrogen-bond donors (Lipinski definition) is 1. The molecule has 3 aromatic rings. The van der Waals surface area contributed by atoms with Crippen molar-refractivity contribution in [2.24, 2.45) is 0 Å². The summed E-state index contributed by atoms with van der Waals surface area (Å²) in [5, 5.41) is 17.0. The first-order chi connectivity index (χ1) is 10.1. The van der Waals surface area contributed by atoms with Crippen LogP contribution in [0.4, 0.5) is 11.7 Å². The molecule has 0 radical (unpaired) electrons. The van der Waals surface area contributed by atoms with Crippen LogP contribution in [0.2, 0.25) is 0 Å². The van der Waals surface area contributed by atoms with Crippen molar-refractivity contribution in [2.45, 2.75) is 13.3 Å². The van der Waals surface area contributed by atoms with Gasteiger partial charge in [-0.2, -0.15) is 4.98 Å². The van der Waals surface area contributed by atoms with Crippen LogP contribution in [0.25, 0.3) is 11.1 Å². The molecule has 0 bridgehead atoms. The Morgan fingerprint density at radius 3 is 3.00 bits per heavy atom. The number of oxazole rings is 1. The van der Waals surface area contributed by atoms with E-state index in [1.54, 1.807) is 23.5 Å². The van der Waals surface area contributed by atoms with Gasteiger partial charge in [0, 0.05) is 30.1 Å². The van der Waals surface area contributed by atoms with Gasteiger partial charge in [-0.25, -0.2) is 4.98 Å². The number of nitro benzene ring substituents is 1. The van der Waals surface area contributed by atoms with Gasteiger partial charge in [-0.15, -0.1) is 11.3 Å². The molecule has 0 unspecified atom stereocenters. The van der Waals surface area contributed by atoms with Gasteiger partial charge in [0.15, 0.2) is 11.1 Å². The molecule has 1 aromatic carbocycles. The highest BCUT2D eigenvalue weighted by Crippen LogP contribution is 2.27. The number of aromatic nitrogens is 2. The zero-order valence-electron chi connectivity index (χ0n) is 11.2. The Morgan fingerprint density at radius 1 is 1.43 bits per heavy atom. The van der Waals surface area contributed by atoms with Crippen molar-refractivity contribution in [1.82, 2.24) is 9.97 Å². The lowest BCUT2D eigenvalue weighted by atomic mass is 10.3. The molecule has 1 N–H and O–H groups in total. The number of anilines is 1. The Kier molecular flexibility index (Phi) is 3.53. The third kappa shape index (κ3) is 2.84. The van der Waals surface area contributed by atoms with E-state index in [-0.39, 0.29) is 17.2 Å². The van der Waals surface area contributed by atoms with Crippen LogP contribution in [0.1, 0.15) is 10.7 Å². The third-order valence-electron chi connectivity index (χ3n) is 2.88. The molecule has 0 saturated heterocycles. The second-order valence-corrected chi connectivity index (χ2v) is 5.40. The van der Waals surface area contributed by atoms with E-state index in [1.807, 2.05) is 12.3 Å². The summed E-state index contributed by atoms with van der Waals surface area (Å²) in [5.74, 6) is 0. The molecular weight excluding hydrogens is 292 g/mol. The van der Waals surface area contributed by atoms with Gasteiger partial charge in [0.05, 0.1) is 9.93 Å². The summed E-state index contributed by atoms with van der Waals surface area (Å²) >= 11 is 1.60. The fourth-order valence-electron chi connectivity index (χ4n) is 1.95. The van der Waals surface area contributed by atoms with Crippen molar-refractivity contribution in [2.75, 3.05) is 11.9 Å². The average Bonchev–Trinajstić information content (AvgIpc) is 3.04. The lowest BCUT2D eigenvalue weighted by molar-refractivity contribution is -0.383. The van der Waals surface area contributed by atoms with Crippen LogP contribution in [0.5, 0.6) is 0 Å². The SMILES string of the molecule is Cc1csc(CCNc2nc3c([N+](=O)[O-])cccc3o2)n1. The van der Waals surface area contributed by atoms with Crippen LogP contribution in [-0.4, -0.2) is 21.4 Å². The standard InChI is InChI=1S/C13H12N4O3S/c1-8-7-21-11(15-8)5-6-14-13-16-12-9(17(18)19)3-2-4-10(12)20-13/h2-4,7H,5-6H2,1H3,(H,14,16). The van der Waals surface area contributed by atoms with E-state index >= 15 is 0 Å². The highest BCUT2D eigenvalue weighted by molar-refractivity contribution is 7.09. The molecule has 108 valence electrons. The van der Waals surface area contributed by atoms with E-state index in [2.05, 4.69) is 15.3 Å². The summed E-state index contributed by atoms with van der Waals surface area (Å²) < 4.78 is 5.46. The zero-order chi connectivity index (χ0) is 14.8. The molecule has 0 aliphatic heterocycles. The highest BCUT2D eigenvalue weighted by Gasteiger charge is 2.17. The molecule has 0 aliphatic carbocycles. The number of non-ortho nitro benzene ring substituents is 1. The molecule has 7 nitrogen and oxygen atoms in total. The Labute approximate surface area is 123 Å². The zero-order valence-corrected chi connectivity index (χ0v) is 12.0. The summed E-state index contributed by atoms with van der Waals surface area (Å²) in [7, 11) is 0. The van der Waals surface area contributed by atoms with Crippen molar-refractivity contribution in [3.63, 3.8) is 0 Å². The van der Waals surface area contributed by atoms with Gasteiger partial charge >= 0.3 is 0 Å². The van der Waals surface area contributed by atoms with E-state index in [4.69, 9.17) is 4.42 Å². The smallest absolute Gasteiger partial charge is 0.298 e. The molecule has 3 rings (SSSR count). The van der Waals surface area contributed by atoms with Gasteiger partial charge in [-0.3, -0.25) is 10.1 Å². The molecular formula is C13H12N4O3S. The quantitative estimate of drug-likeness (QED) is 0.574. The highest BCUT2D eigenvalue weighted by atomic mass is 32.1. The molecule has 2 aromatic heterocycles. The van der Waals surface area contributed by atoms with Crippen LogP contribution >= 0.6 is 11.3 Å². The number of hydrogen-bond acceptors (Lipinski definition) is 7. The lowest BCUT2D eigenvalue weighted by Crippen LogP contribution is -2.04.